The molecule has 7 heteroatoms. The molecule has 1 aliphatic carbocycles. The summed E-state index contributed by atoms with van der Waals surface area (Å²) < 4.78 is 29.1. The topological polar surface area (TPSA) is 75.7 Å². The standard InChI is InChI=1S/C21H30N2O4S.2C2H6/c1-28(25,26)20-5-3-15-6-9-23(14-17(15)13-20)21(24)16-2-4-19(12-16)22-18-7-10-27-11-8-18;2*1-2/h3,5,13,16,18-19,22H,2,4,6-12,14H2,1H3;2*1-2H3/t16-,19?;;/m0../s1. The molecular formula is C25H42N2O4S. The zero-order valence-electron chi connectivity index (χ0n) is 20.5. The van der Waals surface area contributed by atoms with Crippen molar-refractivity contribution >= 4 is 15.7 Å². The maximum atomic E-state index is 13.1. The summed E-state index contributed by atoms with van der Waals surface area (Å²) in [6, 6.07) is 6.26. The summed E-state index contributed by atoms with van der Waals surface area (Å²) >= 11 is 0. The van der Waals surface area contributed by atoms with Crippen molar-refractivity contribution in [3.05, 3.63) is 29.3 Å². The molecule has 0 bridgehead atoms. The van der Waals surface area contributed by atoms with Gasteiger partial charge < -0.3 is 15.0 Å². The SMILES string of the molecule is CC.CC.CS(=O)(=O)c1ccc2c(c1)CN(C(=O)[C@H]1CCC(NC3CCOCC3)C1)CC2. The van der Waals surface area contributed by atoms with Gasteiger partial charge in [0.15, 0.2) is 9.84 Å². The van der Waals surface area contributed by atoms with Gasteiger partial charge in [-0.25, -0.2) is 8.42 Å². The van der Waals surface area contributed by atoms with Crippen LogP contribution in [0.1, 0.15) is 70.9 Å². The number of hydrogen-bond acceptors (Lipinski definition) is 5. The Morgan fingerprint density at radius 3 is 2.34 bits per heavy atom. The highest BCUT2D eigenvalue weighted by Gasteiger charge is 2.34. The fourth-order valence-corrected chi connectivity index (χ4v) is 5.44. The second kappa shape index (κ2) is 12.7. The van der Waals surface area contributed by atoms with Crippen LogP contribution in [0.5, 0.6) is 0 Å². The van der Waals surface area contributed by atoms with Crippen molar-refractivity contribution in [1.82, 2.24) is 10.2 Å². The number of sulfone groups is 1. The van der Waals surface area contributed by atoms with Gasteiger partial charge in [-0.15, -0.1) is 0 Å². The first kappa shape index (κ1) is 26.8. The van der Waals surface area contributed by atoms with Gasteiger partial charge in [0.1, 0.15) is 0 Å². The first-order valence-electron chi connectivity index (χ1n) is 12.3. The van der Waals surface area contributed by atoms with Crippen LogP contribution in [0.2, 0.25) is 0 Å². The van der Waals surface area contributed by atoms with Crippen molar-refractivity contribution in [3.63, 3.8) is 0 Å². The van der Waals surface area contributed by atoms with E-state index in [2.05, 4.69) is 5.32 Å². The van der Waals surface area contributed by atoms with Gasteiger partial charge in [-0.3, -0.25) is 4.79 Å². The second-order valence-corrected chi connectivity index (χ2v) is 10.5. The minimum Gasteiger partial charge on any atom is -0.381 e. The fraction of sp³-hybridized carbons (Fsp3) is 0.720. The van der Waals surface area contributed by atoms with E-state index in [1.165, 1.54) is 6.26 Å². The van der Waals surface area contributed by atoms with E-state index in [4.69, 9.17) is 4.74 Å². The highest BCUT2D eigenvalue weighted by molar-refractivity contribution is 7.90. The van der Waals surface area contributed by atoms with E-state index in [-0.39, 0.29) is 11.8 Å². The van der Waals surface area contributed by atoms with Crippen molar-refractivity contribution in [2.24, 2.45) is 5.92 Å². The molecule has 0 spiro atoms. The van der Waals surface area contributed by atoms with Gasteiger partial charge in [-0.05, 0) is 61.8 Å². The van der Waals surface area contributed by atoms with E-state index >= 15 is 0 Å². The molecule has 2 aliphatic heterocycles. The summed E-state index contributed by atoms with van der Waals surface area (Å²) in [4.78, 5) is 15.4. The maximum Gasteiger partial charge on any atom is 0.226 e. The molecule has 1 amide bonds. The molecule has 1 unspecified atom stereocenters. The molecule has 2 fully saturated rings. The van der Waals surface area contributed by atoms with E-state index in [1.807, 2.05) is 38.7 Å². The van der Waals surface area contributed by atoms with Crippen LogP contribution in [0.3, 0.4) is 0 Å². The van der Waals surface area contributed by atoms with Crippen molar-refractivity contribution in [3.8, 4) is 0 Å². The minimum absolute atomic E-state index is 0.0805. The number of nitrogens with zero attached hydrogens (tertiary/aromatic N) is 1. The van der Waals surface area contributed by atoms with Crippen LogP contribution in [0.4, 0.5) is 0 Å². The van der Waals surface area contributed by atoms with Gasteiger partial charge in [0.2, 0.25) is 5.91 Å². The lowest BCUT2D eigenvalue weighted by Crippen LogP contribution is -2.42. The minimum atomic E-state index is -3.23. The molecule has 3 aliphatic rings. The Morgan fingerprint density at radius 2 is 1.69 bits per heavy atom. The molecule has 1 aromatic rings. The quantitative estimate of drug-likeness (QED) is 0.727. The monoisotopic (exact) mass is 466 g/mol. The molecule has 32 heavy (non-hydrogen) atoms. The first-order valence-corrected chi connectivity index (χ1v) is 14.2. The van der Waals surface area contributed by atoms with Gasteiger partial charge in [-0.2, -0.15) is 0 Å². The van der Waals surface area contributed by atoms with Crippen LogP contribution < -0.4 is 5.32 Å². The highest BCUT2D eigenvalue weighted by Crippen LogP contribution is 2.31. The normalized spacial score (nSPS) is 23.3. The number of hydrogen-bond donors (Lipinski definition) is 1. The maximum absolute atomic E-state index is 13.1. The molecular weight excluding hydrogens is 424 g/mol. The number of carbonyl (C=O) groups excluding carboxylic acids is 1. The van der Waals surface area contributed by atoms with E-state index < -0.39 is 9.84 Å². The molecule has 0 radical (unpaired) electrons. The third-order valence-corrected chi connectivity index (χ3v) is 7.51. The Kier molecular flexibility index (Phi) is 10.6. The summed E-state index contributed by atoms with van der Waals surface area (Å²) in [5.74, 6) is 0.309. The number of carbonyl (C=O) groups is 1. The number of nitrogens with one attached hydrogen (secondary N) is 1. The smallest absolute Gasteiger partial charge is 0.226 e. The van der Waals surface area contributed by atoms with Crippen LogP contribution in [-0.4, -0.2) is 57.3 Å². The Balaban J connectivity index is 0.000000860. The first-order chi connectivity index (χ1) is 15.4. The van der Waals surface area contributed by atoms with Gasteiger partial charge in [0.05, 0.1) is 4.90 Å². The Bertz CT molecular complexity index is 834. The molecule has 1 N–H and O–H groups in total. The highest BCUT2D eigenvalue weighted by atomic mass is 32.2. The summed E-state index contributed by atoms with van der Waals surface area (Å²) in [6.45, 7) is 10.9. The fourth-order valence-electron chi connectivity index (χ4n) is 4.77. The lowest BCUT2D eigenvalue weighted by molar-refractivity contribution is -0.136. The summed E-state index contributed by atoms with van der Waals surface area (Å²) in [5, 5.41) is 3.73. The van der Waals surface area contributed by atoms with Crippen molar-refractivity contribution in [1.29, 1.82) is 0 Å². The van der Waals surface area contributed by atoms with E-state index in [9.17, 15) is 13.2 Å². The number of ether oxygens (including phenoxy) is 1. The summed E-state index contributed by atoms with van der Waals surface area (Å²) in [7, 11) is -3.23. The van der Waals surface area contributed by atoms with Crippen LogP contribution in [0.15, 0.2) is 23.1 Å². The van der Waals surface area contributed by atoms with Gasteiger partial charge in [0.25, 0.3) is 0 Å². The third kappa shape index (κ3) is 7.03. The van der Waals surface area contributed by atoms with Crippen LogP contribution >= 0.6 is 0 Å². The predicted molar refractivity (Wildman–Crippen MR) is 129 cm³/mol. The third-order valence-electron chi connectivity index (χ3n) is 6.40. The van der Waals surface area contributed by atoms with E-state index in [1.54, 1.807) is 12.1 Å². The van der Waals surface area contributed by atoms with Crippen molar-refractivity contribution in [2.75, 3.05) is 26.0 Å². The van der Waals surface area contributed by atoms with Crippen LogP contribution in [-0.2, 0) is 32.3 Å². The number of benzene rings is 1. The number of amides is 1. The second-order valence-electron chi connectivity index (χ2n) is 8.47. The van der Waals surface area contributed by atoms with Crippen molar-refractivity contribution < 1.29 is 17.9 Å². The lowest BCUT2D eigenvalue weighted by Gasteiger charge is -2.31. The van der Waals surface area contributed by atoms with Crippen LogP contribution in [0, 0.1) is 5.92 Å². The lowest BCUT2D eigenvalue weighted by atomic mass is 9.97. The van der Waals surface area contributed by atoms with Gasteiger partial charge in [0, 0.05) is 50.6 Å². The van der Waals surface area contributed by atoms with Crippen LogP contribution in [0.25, 0.3) is 0 Å². The van der Waals surface area contributed by atoms with Gasteiger partial charge in [-0.1, -0.05) is 33.8 Å². The Labute approximate surface area is 195 Å². The average molecular weight is 467 g/mol. The summed E-state index contributed by atoms with van der Waals surface area (Å²) in [6.07, 6.45) is 7.03. The average Bonchev–Trinajstić information content (AvgIpc) is 3.29. The zero-order chi connectivity index (χ0) is 23.7. The number of rotatable bonds is 4. The molecule has 0 aromatic heterocycles. The molecule has 1 aromatic carbocycles. The van der Waals surface area contributed by atoms with E-state index in [0.717, 1.165) is 69.4 Å². The molecule has 2 heterocycles. The molecule has 1 saturated heterocycles. The van der Waals surface area contributed by atoms with E-state index in [0.29, 0.717) is 23.5 Å². The molecule has 182 valence electrons. The Hall–Kier alpha value is -1.44. The molecule has 4 rings (SSSR count). The zero-order valence-corrected chi connectivity index (χ0v) is 21.3. The molecule has 2 atom stereocenters. The van der Waals surface area contributed by atoms with Gasteiger partial charge >= 0.3 is 0 Å². The number of fused-ring (bicyclic) bond motifs is 1. The van der Waals surface area contributed by atoms with Crippen molar-refractivity contribution in [2.45, 2.75) is 89.7 Å². The predicted octanol–water partition coefficient (Wildman–Crippen LogP) is 3.96. The molecule has 1 saturated carbocycles. The largest absolute Gasteiger partial charge is 0.381 e. The molecule has 6 nitrogen and oxygen atoms in total. The summed E-state index contributed by atoms with van der Waals surface area (Å²) in [5.41, 5.74) is 2.12. The Morgan fingerprint density at radius 1 is 1.00 bits per heavy atom.